The van der Waals surface area contributed by atoms with Gasteiger partial charge in [0.15, 0.2) is 6.10 Å². The summed E-state index contributed by atoms with van der Waals surface area (Å²) in [5, 5.41) is 11.2. The topological polar surface area (TPSA) is 81.4 Å². The third-order valence-electron chi connectivity index (χ3n) is 6.54. The van der Waals surface area contributed by atoms with Crippen LogP contribution in [0.25, 0.3) is 22.3 Å². The molecule has 0 bridgehead atoms. The lowest BCUT2D eigenvalue weighted by Gasteiger charge is -2.22. The summed E-state index contributed by atoms with van der Waals surface area (Å²) in [7, 11) is 0. The Labute approximate surface area is 178 Å². The normalized spacial score (nSPS) is 18.0. The Balaban J connectivity index is 0.000000994. The second kappa shape index (κ2) is 6.99. The zero-order valence-electron chi connectivity index (χ0n) is 17.7. The highest BCUT2D eigenvalue weighted by atomic mass is 19.1. The molecule has 0 spiro atoms. The van der Waals surface area contributed by atoms with Crippen LogP contribution in [0.15, 0.2) is 16.9 Å². The second-order valence-electron chi connectivity index (χ2n) is 7.99. The first-order valence-electron chi connectivity index (χ1n) is 10.7. The van der Waals surface area contributed by atoms with Crippen molar-refractivity contribution < 1.29 is 19.0 Å². The number of aliphatic hydroxyl groups excluding tert-OH is 1. The molecular formula is C24H23FN2O4. The first-order chi connectivity index (χ1) is 15.0. The molecule has 1 aliphatic carbocycles. The Morgan fingerprint density at radius 2 is 1.87 bits per heavy atom. The summed E-state index contributed by atoms with van der Waals surface area (Å²) in [5.74, 6) is -1.03. The van der Waals surface area contributed by atoms with Crippen molar-refractivity contribution in [3.05, 3.63) is 61.7 Å². The lowest BCUT2D eigenvalue weighted by atomic mass is 9.85. The number of aliphatic hydroxyl groups is 1. The third kappa shape index (κ3) is 2.62. The second-order valence-corrected chi connectivity index (χ2v) is 7.99. The molecule has 0 fully saturated rings. The molecule has 1 aromatic carbocycles. The zero-order valence-corrected chi connectivity index (χ0v) is 17.7. The lowest BCUT2D eigenvalue weighted by molar-refractivity contribution is -0.157. The fourth-order valence-electron chi connectivity index (χ4n) is 5.06. The Morgan fingerprint density at radius 1 is 1.13 bits per heavy atom. The number of esters is 1. The van der Waals surface area contributed by atoms with Crippen molar-refractivity contribution in [1.82, 2.24) is 9.55 Å². The van der Waals surface area contributed by atoms with Gasteiger partial charge in [-0.1, -0.05) is 13.8 Å². The predicted octanol–water partition coefficient (Wildman–Crippen LogP) is 3.48. The van der Waals surface area contributed by atoms with Gasteiger partial charge in [0.2, 0.25) is 0 Å². The summed E-state index contributed by atoms with van der Waals surface area (Å²) in [5.41, 5.74) is 5.86. The minimum Gasteiger partial charge on any atom is -0.458 e. The Morgan fingerprint density at radius 3 is 2.65 bits per heavy atom. The van der Waals surface area contributed by atoms with Gasteiger partial charge in [-0.3, -0.25) is 4.79 Å². The maximum atomic E-state index is 14.5. The number of aromatic nitrogens is 2. The van der Waals surface area contributed by atoms with E-state index >= 15 is 0 Å². The van der Waals surface area contributed by atoms with Gasteiger partial charge in [0.05, 0.1) is 29.0 Å². The van der Waals surface area contributed by atoms with Gasteiger partial charge in [0.25, 0.3) is 5.56 Å². The highest BCUT2D eigenvalue weighted by Crippen LogP contribution is 2.41. The summed E-state index contributed by atoms with van der Waals surface area (Å²) >= 11 is 0. The highest BCUT2D eigenvalue weighted by Gasteiger charge is 2.35. The molecule has 1 N–H and O–H groups in total. The van der Waals surface area contributed by atoms with Crippen LogP contribution < -0.4 is 5.56 Å². The quantitative estimate of drug-likeness (QED) is 0.439. The van der Waals surface area contributed by atoms with Gasteiger partial charge in [0.1, 0.15) is 12.4 Å². The van der Waals surface area contributed by atoms with Gasteiger partial charge in [-0.25, -0.2) is 14.2 Å². The number of benzene rings is 1. The number of halogens is 1. The number of carbonyl (C=O) groups excluding carboxylic acids is 1. The largest absolute Gasteiger partial charge is 0.458 e. The predicted molar refractivity (Wildman–Crippen MR) is 113 cm³/mol. The lowest BCUT2D eigenvalue weighted by Crippen LogP contribution is -2.32. The van der Waals surface area contributed by atoms with Gasteiger partial charge in [0, 0.05) is 22.6 Å². The van der Waals surface area contributed by atoms with Crippen LogP contribution in [0.5, 0.6) is 0 Å². The minimum absolute atomic E-state index is 0.141. The molecule has 3 aliphatic rings. The standard InChI is InChI=1S/C22H17FN2O4.C2H6/c1-9-10-3-2-4-11-13-7-25-17(19(13)24-16(18(10)11)6-15(9)23)5-12-14(21(25)27)8-29-22(28)20(12)26;1-2/h5-6,20,26H,2-4,7-8H2,1H3;1-2H3. The Hall–Kier alpha value is -3.06. The molecule has 0 radical (unpaired) electrons. The molecule has 6 rings (SSSR count). The molecule has 0 amide bonds. The molecular weight excluding hydrogens is 399 g/mol. The molecule has 7 heteroatoms. The van der Waals surface area contributed by atoms with E-state index in [9.17, 15) is 19.1 Å². The smallest absolute Gasteiger partial charge is 0.340 e. The van der Waals surface area contributed by atoms with Crippen LogP contribution >= 0.6 is 0 Å². The first-order valence-corrected chi connectivity index (χ1v) is 10.7. The van der Waals surface area contributed by atoms with E-state index in [1.165, 1.54) is 6.07 Å². The average molecular weight is 422 g/mol. The van der Waals surface area contributed by atoms with Crippen molar-refractivity contribution in [2.45, 2.75) is 59.3 Å². The van der Waals surface area contributed by atoms with Crippen molar-refractivity contribution in [1.29, 1.82) is 0 Å². The molecule has 0 saturated carbocycles. The van der Waals surface area contributed by atoms with Crippen molar-refractivity contribution in [3.63, 3.8) is 0 Å². The molecule has 160 valence electrons. The van der Waals surface area contributed by atoms with Crippen LogP contribution in [-0.2, 0) is 35.5 Å². The molecule has 1 atom stereocenters. The summed E-state index contributed by atoms with van der Waals surface area (Å²) in [6.45, 7) is 6.05. The van der Waals surface area contributed by atoms with Crippen molar-refractivity contribution >= 4 is 16.9 Å². The number of pyridine rings is 2. The molecule has 6 nitrogen and oxygen atoms in total. The summed E-state index contributed by atoms with van der Waals surface area (Å²) in [4.78, 5) is 29.6. The van der Waals surface area contributed by atoms with Crippen molar-refractivity contribution in [2.75, 3.05) is 0 Å². The Bertz CT molecular complexity index is 1340. The van der Waals surface area contributed by atoms with Crippen LogP contribution in [0.1, 0.15) is 59.8 Å². The van der Waals surface area contributed by atoms with E-state index in [2.05, 4.69) is 0 Å². The number of hydrogen-bond acceptors (Lipinski definition) is 5. The number of hydrogen-bond donors (Lipinski definition) is 1. The summed E-state index contributed by atoms with van der Waals surface area (Å²) < 4.78 is 21.1. The van der Waals surface area contributed by atoms with Crippen LogP contribution in [0, 0.1) is 12.7 Å². The maximum absolute atomic E-state index is 14.5. The van der Waals surface area contributed by atoms with Crippen LogP contribution in [0.2, 0.25) is 0 Å². The molecule has 1 unspecified atom stereocenters. The van der Waals surface area contributed by atoms with E-state index in [0.29, 0.717) is 34.6 Å². The SMILES string of the molecule is CC.Cc1c(F)cc2nc3c(c4c2c1CCC4)Cn1c-3cc2c(c1=O)COC(=O)C2O. The first kappa shape index (κ1) is 19.9. The molecule has 2 aliphatic heterocycles. The van der Waals surface area contributed by atoms with Crippen LogP contribution in [0.3, 0.4) is 0 Å². The average Bonchev–Trinajstić information content (AvgIpc) is 3.15. The van der Waals surface area contributed by atoms with E-state index in [1.807, 2.05) is 13.8 Å². The van der Waals surface area contributed by atoms with Crippen LogP contribution in [-0.4, -0.2) is 20.6 Å². The molecule has 31 heavy (non-hydrogen) atoms. The van der Waals surface area contributed by atoms with E-state index in [-0.39, 0.29) is 23.5 Å². The Kier molecular flexibility index (Phi) is 4.48. The van der Waals surface area contributed by atoms with Gasteiger partial charge in [-0.05, 0) is 48.9 Å². The van der Waals surface area contributed by atoms with Gasteiger partial charge < -0.3 is 14.4 Å². The van der Waals surface area contributed by atoms with E-state index < -0.39 is 12.1 Å². The fraction of sp³-hybridized carbons (Fsp3) is 0.375. The van der Waals surface area contributed by atoms with Crippen molar-refractivity contribution in [2.24, 2.45) is 0 Å². The number of aryl methyl sites for hydroxylation is 2. The van der Waals surface area contributed by atoms with Gasteiger partial charge in [-0.15, -0.1) is 0 Å². The number of rotatable bonds is 0. The number of nitrogens with zero attached hydrogens (tertiary/aromatic N) is 2. The van der Waals surface area contributed by atoms with E-state index in [0.717, 1.165) is 41.3 Å². The highest BCUT2D eigenvalue weighted by molar-refractivity contribution is 5.92. The summed E-state index contributed by atoms with van der Waals surface area (Å²) in [6, 6.07) is 3.13. The maximum Gasteiger partial charge on any atom is 0.340 e. The summed E-state index contributed by atoms with van der Waals surface area (Å²) in [6.07, 6.45) is 1.12. The van der Waals surface area contributed by atoms with Crippen LogP contribution in [0.4, 0.5) is 4.39 Å². The monoisotopic (exact) mass is 422 g/mol. The van der Waals surface area contributed by atoms with Gasteiger partial charge >= 0.3 is 5.97 Å². The molecule has 4 heterocycles. The molecule has 2 aromatic heterocycles. The van der Waals surface area contributed by atoms with E-state index in [1.54, 1.807) is 17.6 Å². The van der Waals surface area contributed by atoms with Gasteiger partial charge in [-0.2, -0.15) is 0 Å². The fourth-order valence-corrected chi connectivity index (χ4v) is 5.06. The third-order valence-corrected chi connectivity index (χ3v) is 6.54. The molecule has 3 aromatic rings. The van der Waals surface area contributed by atoms with Crippen molar-refractivity contribution in [3.8, 4) is 11.4 Å². The number of cyclic esters (lactones) is 1. The number of carbonyl (C=O) groups is 1. The minimum atomic E-state index is -1.48. The zero-order chi connectivity index (χ0) is 22.0. The van der Waals surface area contributed by atoms with E-state index in [4.69, 9.17) is 9.72 Å². The number of fused-ring (bicyclic) bond motifs is 5. The molecule has 0 saturated heterocycles. The number of ether oxygens (including phenoxy) is 1.